The zero-order valence-electron chi connectivity index (χ0n) is 9.74. The van der Waals surface area contributed by atoms with Crippen molar-refractivity contribution in [3.05, 3.63) is 18.2 Å². The van der Waals surface area contributed by atoms with E-state index in [1.807, 2.05) is 6.07 Å². The Morgan fingerprint density at radius 3 is 3.00 bits per heavy atom. The molecule has 0 aromatic heterocycles. The molecule has 90 valence electrons. The van der Waals surface area contributed by atoms with Gasteiger partial charge in [0.05, 0.1) is 12.2 Å². The van der Waals surface area contributed by atoms with Gasteiger partial charge in [0, 0.05) is 5.69 Å². The van der Waals surface area contributed by atoms with E-state index in [4.69, 9.17) is 4.74 Å². The maximum absolute atomic E-state index is 11.4. The Labute approximate surface area is 99.2 Å². The fourth-order valence-corrected chi connectivity index (χ4v) is 1.55. The van der Waals surface area contributed by atoms with E-state index in [1.165, 1.54) is 6.92 Å². The third-order valence-electron chi connectivity index (χ3n) is 2.45. The summed E-state index contributed by atoms with van der Waals surface area (Å²) in [5, 5.41) is 5.71. The van der Waals surface area contributed by atoms with Crippen LogP contribution >= 0.6 is 0 Å². The fraction of sp³-hybridized carbons (Fsp3) is 0.333. The Morgan fingerprint density at radius 2 is 2.29 bits per heavy atom. The van der Waals surface area contributed by atoms with Crippen molar-refractivity contribution in [1.29, 1.82) is 0 Å². The largest absolute Gasteiger partial charge is 0.479 e. The van der Waals surface area contributed by atoms with Crippen LogP contribution in [0.25, 0.3) is 0 Å². The van der Waals surface area contributed by atoms with Crippen molar-refractivity contribution < 1.29 is 14.3 Å². The number of amides is 1. The second-order valence-electron chi connectivity index (χ2n) is 4.02. The van der Waals surface area contributed by atoms with Crippen molar-refractivity contribution in [2.75, 3.05) is 17.2 Å². The number of benzene rings is 1. The van der Waals surface area contributed by atoms with E-state index in [9.17, 15) is 9.59 Å². The lowest BCUT2D eigenvalue weighted by molar-refractivity contribution is -0.122. The molecule has 5 heteroatoms. The second-order valence-corrected chi connectivity index (χ2v) is 4.02. The normalized spacial score (nSPS) is 17.8. The molecule has 1 aromatic rings. The van der Waals surface area contributed by atoms with Crippen LogP contribution in [0.3, 0.4) is 0 Å². The fourth-order valence-electron chi connectivity index (χ4n) is 1.55. The molecular weight excluding hydrogens is 220 g/mol. The summed E-state index contributed by atoms with van der Waals surface area (Å²) >= 11 is 0. The molecule has 0 aliphatic carbocycles. The molecule has 0 spiro atoms. The Kier molecular flexibility index (Phi) is 2.99. The van der Waals surface area contributed by atoms with Crippen LogP contribution in [0.1, 0.15) is 13.8 Å². The zero-order valence-corrected chi connectivity index (χ0v) is 9.74. The van der Waals surface area contributed by atoms with Crippen LogP contribution in [-0.2, 0) is 9.59 Å². The first-order chi connectivity index (χ1) is 8.06. The molecule has 1 aliphatic heterocycles. The predicted molar refractivity (Wildman–Crippen MR) is 64.3 cm³/mol. The van der Waals surface area contributed by atoms with Crippen molar-refractivity contribution >= 4 is 23.1 Å². The minimum atomic E-state index is -0.474. The quantitative estimate of drug-likeness (QED) is 0.829. The third-order valence-corrected chi connectivity index (χ3v) is 2.45. The van der Waals surface area contributed by atoms with Gasteiger partial charge in [-0.3, -0.25) is 9.59 Å². The predicted octanol–water partition coefficient (Wildman–Crippen LogP) is 1.41. The SMILES string of the molecule is CC(=O)CNc1ccc2c(c1)NC(=O)C(C)O2. The minimum Gasteiger partial charge on any atom is -0.479 e. The molecule has 1 amide bonds. The highest BCUT2D eigenvalue weighted by Gasteiger charge is 2.23. The number of hydrogen-bond acceptors (Lipinski definition) is 4. The summed E-state index contributed by atoms with van der Waals surface area (Å²) in [4.78, 5) is 22.3. The van der Waals surface area contributed by atoms with E-state index in [0.29, 0.717) is 11.4 Å². The average Bonchev–Trinajstić information content (AvgIpc) is 2.28. The van der Waals surface area contributed by atoms with Crippen LogP contribution in [0, 0.1) is 0 Å². The topological polar surface area (TPSA) is 67.4 Å². The monoisotopic (exact) mass is 234 g/mol. The molecular formula is C12H14N2O3. The number of carbonyl (C=O) groups excluding carboxylic acids is 2. The van der Waals surface area contributed by atoms with Gasteiger partial charge in [0.25, 0.3) is 5.91 Å². The lowest BCUT2D eigenvalue weighted by Gasteiger charge is -2.23. The van der Waals surface area contributed by atoms with Gasteiger partial charge < -0.3 is 15.4 Å². The number of anilines is 2. The maximum atomic E-state index is 11.4. The molecule has 0 radical (unpaired) electrons. The molecule has 2 rings (SSSR count). The molecule has 17 heavy (non-hydrogen) atoms. The van der Waals surface area contributed by atoms with E-state index in [1.54, 1.807) is 19.1 Å². The first kappa shape index (κ1) is 11.4. The number of carbonyl (C=O) groups is 2. The molecule has 1 atom stereocenters. The van der Waals surface area contributed by atoms with Gasteiger partial charge in [0.1, 0.15) is 11.5 Å². The first-order valence-corrected chi connectivity index (χ1v) is 5.41. The lowest BCUT2D eigenvalue weighted by Crippen LogP contribution is -2.34. The Balaban J connectivity index is 2.17. The highest BCUT2D eigenvalue weighted by Crippen LogP contribution is 2.31. The van der Waals surface area contributed by atoms with Crippen LogP contribution in [0.5, 0.6) is 5.75 Å². The van der Waals surface area contributed by atoms with Gasteiger partial charge >= 0.3 is 0 Å². The summed E-state index contributed by atoms with van der Waals surface area (Å²) in [5.41, 5.74) is 1.40. The smallest absolute Gasteiger partial charge is 0.265 e. The van der Waals surface area contributed by atoms with Crippen LogP contribution in [0.15, 0.2) is 18.2 Å². The average molecular weight is 234 g/mol. The van der Waals surface area contributed by atoms with Crippen molar-refractivity contribution in [1.82, 2.24) is 0 Å². The highest BCUT2D eigenvalue weighted by atomic mass is 16.5. The third kappa shape index (κ3) is 2.55. The van der Waals surface area contributed by atoms with Crippen molar-refractivity contribution in [2.45, 2.75) is 20.0 Å². The second kappa shape index (κ2) is 4.45. The summed E-state index contributed by atoms with van der Waals surface area (Å²) in [6.07, 6.45) is -0.474. The number of nitrogens with one attached hydrogen (secondary N) is 2. The van der Waals surface area contributed by atoms with Gasteiger partial charge in [-0.2, -0.15) is 0 Å². The molecule has 0 fully saturated rings. The zero-order chi connectivity index (χ0) is 12.4. The Morgan fingerprint density at radius 1 is 1.53 bits per heavy atom. The number of hydrogen-bond donors (Lipinski definition) is 2. The molecule has 5 nitrogen and oxygen atoms in total. The van der Waals surface area contributed by atoms with E-state index in [-0.39, 0.29) is 18.2 Å². The van der Waals surface area contributed by atoms with Gasteiger partial charge in [0.2, 0.25) is 0 Å². The molecule has 0 saturated heterocycles. The lowest BCUT2D eigenvalue weighted by atomic mass is 10.2. The van der Waals surface area contributed by atoms with Crippen LogP contribution in [-0.4, -0.2) is 24.3 Å². The van der Waals surface area contributed by atoms with E-state index < -0.39 is 6.10 Å². The highest BCUT2D eigenvalue weighted by molar-refractivity contribution is 5.98. The molecule has 0 bridgehead atoms. The van der Waals surface area contributed by atoms with Crippen molar-refractivity contribution in [3.63, 3.8) is 0 Å². The number of rotatable bonds is 3. The molecule has 0 saturated carbocycles. The van der Waals surface area contributed by atoms with Crippen LogP contribution in [0.4, 0.5) is 11.4 Å². The standard InChI is InChI=1S/C12H14N2O3/c1-7(15)6-13-9-3-4-11-10(5-9)14-12(16)8(2)17-11/h3-5,8,13H,6H2,1-2H3,(H,14,16). The van der Waals surface area contributed by atoms with E-state index in [0.717, 1.165) is 5.69 Å². The molecule has 1 aliphatic rings. The number of Topliss-reactive ketones (excluding diaryl/α,β-unsaturated/α-hetero) is 1. The molecule has 1 unspecified atom stereocenters. The summed E-state index contributed by atoms with van der Waals surface area (Å²) in [5.74, 6) is 0.531. The first-order valence-electron chi connectivity index (χ1n) is 5.41. The van der Waals surface area contributed by atoms with Gasteiger partial charge in [-0.05, 0) is 32.0 Å². The van der Waals surface area contributed by atoms with Gasteiger partial charge in [-0.15, -0.1) is 0 Å². The van der Waals surface area contributed by atoms with Gasteiger partial charge in [0.15, 0.2) is 6.10 Å². The Bertz CT molecular complexity index is 471. The van der Waals surface area contributed by atoms with E-state index >= 15 is 0 Å². The maximum Gasteiger partial charge on any atom is 0.265 e. The van der Waals surface area contributed by atoms with Gasteiger partial charge in [-0.25, -0.2) is 0 Å². The van der Waals surface area contributed by atoms with Crippen molar-refractivity contribution in [2.24, 2.45) is 0 Å². The number of ether oxygens (including phenoxy) is 1. The summed E-state index contributed by atoms with van der Waals surface area (Å²) in [6, 6.07) is 5.34. The number of ketones is 1. The van der Waals surface area contributed by atoms with Crippen LogP contribution in [0.2, 0.25) is 0 Å². The van der Waals surface area contributed by atoms with Crippen LogP contribution < -0.4 is 15.4 Å². The summed E-state index contributed by atoms with van der Waals surface area (Å²) < 4.78 is 5.42. The van der Waals surface area contributed by atoms with E-state index in [2.05, 4.69) is 10.6 Å². The molecule has 1 heterocycles. The molecule has 2 N–H and O–H groups in total. The molecule has 1 aromatic carbocycles. The Hall–Kier alpha value is -2.04. The number of fused-ring (bicyclic) bond motifs is 1. The summed E-state index contributed by atoms with van der Waals surface area (Å²) in [7, 11) is 0. The minimum absolute atomic E-state index is 0.0524. The summed E-state index contributed by atoms with van der Waals surface area (Å²) in [6.45, 7) is 3.47. The van der Waals surface area contributed by atoms with Gasteiger partial charge in [-0.1, -0.05) is 0 Å². The van der Waals surface area contributed by atoms with Crippen molar-refractivity contribution in [3.8, 4) is 5.75 Å².